The maximum Gasteiger partial charge on any atom is 0.0580 e. The molecular formula is C9H13BrN2. The quantitative estimate of drug-likeness (QED) is 0.616. The molecule has 0 aliphatic rings. The maximum absolute atomic E-state index is 5.78. The molecule has 4 N–H and O–H groups in total. The van der Waals surface area contributed by atoms with E-state index in [1.807, 2.05) is 18.2 Å². The Kier molecular flexibility index (Phi) is 3.41. The maximum atomic E-state index is 5.78. The van der Waals surface area contributed by atoms with Gasteiger partial charge in [-0.3, -0.25) is 0 Å². The van der Waals surface area contributed by atoms with Crippen molar-refractivity contribution in [1.29, 1.82) is 0 Å². The van der Waals surface area contributed by atoms with E-state index in [-0.39, 0.29) is 0 Å². The fraction of sp³-hybridized carbons (Fsp3) is 0.333. The van der Waals surface area contributed by atoms with Crippen molar-refractivity contribution in [2.75, 3.05) is 16.8 Å². The van der Waals surface area contributed by atoms with Crippen molar-refractivity contribution in [3.63, 3.8) is 0 Å². The number of nitrogens with two attached hydrogens (primary N) is 2. The van der Waals surface area contributed by atoms with Gasteiger partial charge >= 0.3 is 0 Å². The van der Waals surface area contributed by atoms with E-state index in [1.165, 1.54) is 0 Å². The number of benzene rings is 1. The number of anilines is 2. The number of para-hydroxylation sites is 1. The molecule has 0 bridgehead atoms. The van der Waals surface area contributed by atoms with E-state index in [9.17, 15) is 0 Å². The fourth-order valence-corrected chi connectivity index (χ4v) is 1.39. The second-order valence-electron chi connectivity index (χ2n) is 2.71. The van der Waals surface area contributed by atoms with Crippen LogP contribution in [-0.4, -0.2) is 5.33 Å². The Hall–Kier alpha value is -0.700. The smallest absolute Gasteiger partial charge is 0.0580 e. The summed E-state index contributed by atoms with van der Waals surface area (Å²) < 4.78 is 0. The first-order valence-corrected chi connectivity index (χ1v) is 5.06. The van der Waals surface area contributed by atoms with Crippen molar-refractivity contribution < 1.29 is 0 Å². The van der Waals surface area contributed by atoms with Gasteiger partial charge in [0.25, 0.3) is 0 Å². The van der Waals surface area contributed by atoms with Crippen LogP contribution in [0.2, 0.25) is 0 Å². The molecule has 0 unspecified atom stereocenters. The van der Waals surface area contributed by atoms with E-state index >= 15 is 0 Å². The predicted molar refractivity (Wildman–Crippen MR) is 57.4 cm³/mol. The number of alkyl halides is 1. The highest BCUT2D eigenvalue weighted by Gasteiger charge is 2.00. The molecule has 66 valence electrons. The van der Waals surface area contributed by atoms with Gasteiger partial charge < -0.3 is 11.5 Å². The van der Waals surface area contributed by atoms with Crippen molar-refractivity contribution >= 4 is 27.3 Å². The standard InChI is InChI=1S/C9H13BrN2/c10-6-2-4-7-3-1-5-8(11)9(7)12/h1,3,5H,2,4,6,11-12H2. The predicted octanol–water partition coefficient (Wildman–Crippen LogP) is 2.18. The molecule has 3 heteroatoms. The topological polar surface area (TPSA) is 52.0 Å². The second kappa shape index (κ2) is 4.36. The highest BCUT2D eigenvalue weighted by Crippen LogP contribution is 2.20. The summed E-state index contributed by atoms with van der Waals surface area (Å²) in [7, 11) is 0. The van der Waals surface area contributed by atoms with Gasteiger partial charge in [-0.25, -0.2) is 0 Å². The molecule has 0 amide bonds. The number of aryl methyl sites for hydroxylation is 1. The molecule has 0 saturated heterocycles. The molecule has 1 rings (SSSR count). The van der Waals surface area contributed by atoms with Gasteiger partial charge in [0.15, 0.2) is 0 Å². The van der Waals surface area contributed by atoms with Crippen molar-refractivity contribution in [2.45, 2.75) is 12.8 Å². The van der Waals surface area contributed by atoms with Crippen LogP contribution in [0, 0.1) is 0 Å². The summed E-state index contributed by atoms with van der Waals surface area (Å²) in [4.78, 5) is 0. The van der Waals surface area contributed by atoms with Gasteiger partial charge in [-0.05, 0) is 24.5 Å². The second-order valence-corrected chi connectivity index (χ2v) is 3.51. The van der Waals surface area contributed by atoms with Gasteiger partial charge in [0, 0.05) is 5.33 Å². The van der Waals surface area contributed by atoms with Gasteiger partial charge in [0.2, 0.25) is 0 Å². The minimum Gasteiger partial charge on any atom is -0.397 e. The molecule has 12 heavy (non-hydrogen) atoms. The first-order valence-electron chi connectivity index (χ1n) is 3.94. The van der Waals surface area contributed by atoms with Crippen LogP contribution >= 0.6 is 15.9 Å². The molecule has 1 aromatic carbocycles. The SMILES string of the molecule is Nc1cccc(CCCBr)c1N. The van der Waals surface area contributed by atoms with Crippen molar-refractivity contribution in [3.05, 3.63) is 23.8 Å². The number of hydrogen-bond acceptors (Lipinski definition) is 2. The summed E-state index contributed by atoms with van der Waals surface area (Å²) in [6.07, 6.45) is 2.08. The van der Waals surface area contributed by atoms with Crippen LogP contribution in [0.15, 0.2) is 18.2 Å². The lowest BCUT2D eigenvalue weighted by molar-refractivity contribution is 0.943. The molecular weight excluding hydrogens is 216 g/mol. The zero-order chi connectivity index (χ0) is 8.97. The van der Waals surface area contributed by atoms with E-state index in [2.05, 4.69) is 15.9 Å². The molecule has 0 spiro atoms. The highest BCUT2D eigenvalue weighted by molar-refractivity contribution is 9.09. The average molecular weight is 229 g/mol. The lowest BCUT2D eigenvalue weighted by Gasteiger charge is -2.06. The molecule has 0 aromatic heterocycles. The molecule has 1 aromatic rings. The zero-order valence-electron chi connectivity index (χ0n) is 6.89. The monoisotopic (exact) mass is 228 g/mol. The Balaban J connectivity index is 2.78. The number of halogens is 1. The average Bonchev–Trinajstić information content (AvgIpc) is 2.08. The third-order valence-corrected chi connectivity index (χ3v) is 2.37. The van der Waals surface area contributed by atoms with Crippen LogP contribution in [0.4, 0.5) is 11.4 Å². The first kappa shape index (κ1) is 9.39. The third kappa shape index (κ3) is 2.14. The first-order chi connectivity index (χ1) is 5.75. The van der Waals surface area contributed by atoms with Gasteiger partial charge in [0.05, 0.1) is 11.4 Å². The van der Waals surface area contributed by atoms with Gasteiger partial charge in [0.1, 0.15) is 0 Å². The molecule has 2 nitrogen and oxygen atoms in total. The van der Waals surface area contributed by atoms with Crippen LogP contribution in [0.25, 0.3) is 0 Å². The van der Waals surface area contributed by atoms with Gasteiger partial charge in [-0.2, -0.15) is 0 Å². The van der Waals surface area contributed by atoms with Crippen molar-refractivity contribution in [3.8, 4) is 0 Å². The lowest BCUT2D eigenvalue weighted by atomic mass is 10.1. The van der Waals surface area contributed by atoms with Crippen LogP contribution < -0.4 is 11.5 Å². The Morgan fingerprint density at radius 2 is 2.00 bits per heavy atom. The minimum absolute atomic E-state index is 0.682. The summed E-state index contributed by atoms with van der Waals surface area (Å²) >= 11 is 3.38. The number of rotatable bonds is 3. The molecule has 0 heterocycles. The Labute approximate surface area is 81.1 Å². The molecule has 0 saturated carbocycles. The van der Waals surface area contributed by atoms with Gasteiger partial charge in [-0.1, -0.05) is 28.1 Å². The molecule has 0 radical (unpaired) electrons. The summed E-state index contributed by atoms with van der Waals surface area (Å²) in [5, 5.41) is 1.00. The molecule has 0 fully saturated rings. The summed E-state index contributed by atoms with van der Waals surface area (Å²) in [6, 6.07) is 5.79. The normalized spacial score (nSPS) is 10.1. The Morgan fingerprint density at radius 3 is 2.67 bits per heavy atom. The van der Waals surface area contributed by atoms with Crippen molar-refractivity contribution in [1.82, 2.24) is 0 Å². The van der Waals surface area contributed by atoms with E-state index in [1.54, 1.807) is 0 Å². The van der Waals surface area contributed by atoms with Crippen molar-refractivity contribution in [2.24, 2.45) is 0 Å². The Morgan fingerprint density at radius 1 is 1.25 bits per heavy atom. The van der Waals surface area contributed by atoms with E-state index < -0.39 is 0 Å². The minimum atomic E-state index is 0.682. The third-order valence-electron chi connectivity index (χ3n) is 1.81. The molecule has 0 atom stereocenters. The van der Waals surface area contributed by atoms with E-state index in [0.29, 0.717) is 5.69 Å². The lowest BCUT2D eigenvalue weighted by Crippen LogP contribution is -1.99. The fourth-order valence-electron chi connectivity index (χ4n) is 1.11. The van der Waals surface area contributed by atoms with Crippen LogP contribution in [0.3, 0.4) is 0 Å². The van der Waals surface area contributed by atoms with Crippen LogP contribution in [0.1, 0.15) is 12.0 Å². The van der Waals surface area contributed by atoms with Gasteiger partial charge in [-0.15, -0.1) is 0 Å². The largest absolute Gasteiger partial charge is 0.397 e. The number of nitrogen functional groups attached to an aromatic ring is 2. The Bertz CT molecular complexity index is 261. The number of hydrogen-bond donors (Lipinski definition) is 2. The van der Waals surface area contributed by atoms with Crippen LogP contribution in [0.5, 0.6) is 0 Å². The molecule has 0 aliphatic carbocycles. The van der Waals surface area contributed by atoms with E-state index in [0.717, 1.165) is 29.4 Å². The highest BCUT2D eigenvalue weighted by atomic mass is 79.9. The van der Waals surface area contributed by atoms with E-state index in [4.69, 9.17) is 11.5 Å². The summed E-state index contributed by atoms with van der Waals surface area (Å²) in [6.45, 7) is 0. The molecule has 0 aliphatic heterocycles. The zero-order valence-corrected chi connectivity index (χ0v) is 8.47. The summed E-state index contributed by atoms with van der Waals surface area (Å²) in [5.74, 6) is 0. The van der Waals surface area contributed by atoms with Crippen LogP contribution in [-0.2, 0) is 6.42 Å². The summed E-state index contributed by atoms with van der Waals surface area (Å²) in [5.41, 5.74) is 14.0.